The molecule has 1 rings (SSSR count). The van der Waals surface area contributed by atoms with Gasteiger partial charge < -0.3 is 10.8 Å². The van der Waals surface area contributed by atoms with E-state index in [1.54, 1.807) is 18.7 Å². The summed E-state index contributed by atoms with van der Waals surface area (Å²) in [5.41, 5.74) is 6.79. The van der Waals surface area contributed by atoms with Crippen molar-refractivity contribution in [3.63, 3.8) is 0 Å². The van der Waals surface area contributed by atoms with Crippen molar-refractivity contribution in [1.82, 2.24) is 0 Å². The molecule has 0 saturated heterocycles. The lowest BCUT2D eigenvalue weighted by Gasteiger charge is -2.15. The fourth-order valence-electron chi connectivity index (χ4n) is 1.23. The molecule has 3 heteroatoms. The van der Waals surface area contributed by atoms with E-state index in [1.807, 2.05) is 24.3 Å². The maximum Gasteiger partial charge on any atom is 0.0704 e. The van der Waals surface area contributed by atoms with Gasteiger partial charge in [-0.1, -0.05) is 19.1 Å². The molecule has 0 aromatic heterocycles. The maximum atomic E-state index is 9.32. The van der Waals surface area contributed by atoms with Crippen LogP contribution in [0.15, 0.2) is 29.2 Å². The van der Waals surface area contributed by atoms with E-state index in [1.165, 1.54) is 4.90 Å². The molecule has 0 aliphatic carbocycles. The lowest BCUT2D eigenvalue weighted by molar-refractivity contribution is 0.164. The quantitative estimate of drug-likeness (QED) is 0.750. The Hall–Kier alpha value is -0.510. The van der Waals surface area contributed by atoms with Crippen molar-refractivity contribution >= 4 is 11.8 Å². The van der Waals surface area contributed by atoms with Gasteiger partial charge in [0.15, 0.2) is 0 Å². The number of aliphatic hydroxyl groups is 1. The van der Waals surface area contributed by atoms with Gasteiger partial charge in [-0.2, -0.15) is 0 Å². The SMILES string of the molecule is CCSc1ccc(C(N)C(C)O)cc1. The highest BCUT2D eigenvalue weighted by molar-refractivity contribution is 7.99. The summed E-state index contributed by atoms with van der Waals surface area (Å²) in [7, 11) is 0. The molecule has 78 valence electrons. The molecule has 0 heterocycles. The summed E-state index contributed by atoms with van der Waals surface area (Å²) in [4.78, 5) is 1.24. The molecular weight excluding hydrogens is 194 g/mol. The minimum Gasteiger partial charge on any atom is -0.391 e. The number of thioether (sulfide) groups is 1. The maximum absolute atomic E-state index is 9.32. The van der Waals surface area contributed by atoms with E-state index in [0.717, 1.165) is 11.3 Å². The van der Waals surface area contributed by atoms with E-state index < -0.39 is 6.10 Å². The molecule has 0 spiro atoms. The van der Waals surface area contributed by atoms with Gasteiger partial charge >= 0.3 is 0 Å². The van der Waals surface area contributed by atoms with Gasteiger partial charge in [0.2, 0.25) is 0 Å². The number of hydrogen-bond acceptors (Lipinski definition) is 3. The number of hydrogen-bond donors (Lipinski definition) is 2. The lowest BCUT2D eigenvalue weighted by atomic mass is 10.0. The van der Waals surface area contributed by atoms with Crippen LogP contribution in [0.3, 0.4) is 0 Å². The molecule has 1 aromatic rings. The smallest absolute Gasteiger partial charge is 0.0704 e. The van der Waals surface area contributed by atoms with Crippen LogP contribution >= 0.6 is 11.8 Å². The molecule has 0 fully saturated rings. The van der Waals surface area contributed by atoms with Crippen molar-refractivity contribution in [2.24, 2.45) is 5.73 Å². The van der Waals surface area contributed by atoms with E-state index in [0.29, 0.717) is 0 Å². The highest BCUT2D eigenvalue weighted by Gasteiger charge is 2.11. The standard InChI is InChI=1S/C11H17NOS/c1-3-14-10-6-4-9(5-7-10)11(12)8(2)13/h4-8,11,13H,3,12H2,1-2H3. The normalized spacial score (nSPS) is 15.1. The van der Waals surface area contributed by atoms with Crippen LogP contribution in [0.5, 0.6) is 0 Å². The monoisotopic (exact) mass is 211 g/mol. The van der Waals surface area contributed by atoms with E-state index in [-0.39, 0.29) is 6.04 Å². The van der Waals surface area contributed by atoms with E-state index in [2.05, 4.69) is 6.92 Å². The Bertz CT molecular complexity index is 271. The van der Waals surface area contributed by atoms with Gasteiger partial charge in [-0.25, -0.2) is 0 Å². The molecule has 2 nitrogen and oxygen atoms in total. The molecule has 2 atom stereocenters. The largest absolute Gasteiger partial charge is 0.391 e. The number of nitrogens with two attached hydrogens (primary N) is 1. The third kappa shape index (κ3) is 3.01. The molecule has 3 N–H and O–H groups in total. The minimum atomic E-state index is -0.500. The van der Waals surface area contributed by atoms with Crippen molar-refractivity contribution < 1.29 is 5.11 Å². The van der Waals surface area contributed by atoms with Gasteiger partial charge in [-0.05, 0) is 30.4 Å². The molecule has 0 radical (unpaired) electrons. The Labute approximate surface area is 89.5 Å². The van der Waals surface area contributed by atoms with Gasteiger partial charge in [0.1, 0.15) is 0 Å². The summed E-state index contributed by atoms with van der Waals surface area (Å²) < 4.78 is 0. The molecule has 14 heavy (non-hydrogen) atoms. The highest BCUT2D eigenvalue weighted by Crippen LogP contribution is 2.21. The topological polar surface area (TPSA) is 46.2 Å². The van der Waals surface area contributed by atoms with Gasteiger partial charge in [0.05, 0.1) is 12.1 Å². The van der Waals surface area contributed by atoms with Crippen LogP contribution in [0.2, 0.25) is 0 Å². The third-order valence-corrected chi connectivity index (χ3v) is 2.99. The van der Waals surface area contributed by atoms with Gasteiger partial charge in [0.25, 0.3) is 0 Å². The predicted molar refractivity (Wildman–Crippen MR) is 61.4 cm³/mol. The summed E-state index contributed by atoms with van der Waals surface area (Å²) in [5.74, 6) is 1.07. The average Bonchev–Trinajstić information content (AvgIpc) is 2.18. The number of benzene rings is 1. The molecule has 2 unspecified atom stereocenters. The Morgan fingerprint density at radius 3 is 2.36 bits per heavy atom. The van der Waals surface area contributed by atoms with Crippen molar-refractivity contribution in [2.75, 3.05) is 5.75 Å². The second-order valence-corrected chi connectivity index (χ2v) is 4.61. The lowest BCUT2D eigenvalue weighted by Crippen LogP contribution is -2.22. The summed E-state index contributed by atoms with van der Waals surface area (Å²) in [6.07, 6.45) is -0.500. The Morgan fingerprint density at radius 1 is 1.36 bits per heavy atom. The van der Waals surface area contributed by atoms with Crippen molar-refractivity contribution in [1.29, 1.82) is 0 Å². The van der Waals surface area contributed by atoms with Crippen molar-refractivity contribution in [3.8, 4) is 0 Å². The Balaban J connectivity index is 2.72. The van der Waals surface area contributed by atoms with Crippen LogP contribution in [0, 0.1) is 0 Å². The van der Waals surface area contributed by atoms with Crippen molar-refractivity contribution in [2.45, 2.75) is 30.9 Å². The van der Waals surface area contributed by atoms with E-state index in [9.17, 15) is 5.11 Å². The molecule has 1 aromatic carbocycles. The zero-order chi connectivity index (χ0) is 10.6. The zero-order valence-corrected chi connectivity index (χ0v) is 9.42. The molecule has 0 amide bonds. The molecule has 0 aliphatic rings. The Morgan fingerprint density at radius 2 is 1.93 bits per heavy atom. The zero-order valence-electron chi connectivity index (χ0n) is 8.60. The van der Waals surface area contributed by atoms with Crippen LogP contribution in [0.4, 0.5) is 0 Å². The van der Waals surface area contributed by atoms with Crippen LogP contribution in [-0.2, 0) is 0 Å². The predicted octanol–water partition coefficient (Wildman–Crippen LogP) is 2.18. The van der Waals surface area contributed by atoms with Gasteiger partial charge in [-0.3, -0.25) is 0 Å². The first kappa shape index (κ1) is 11.6. The van der Waals surface area contributed by atoms with Crippen LogP contribution < -0.4 is 5.73 Å². The molecule has 0 aliphatic heterocycles. The second-order valence-electron chi connectivity index (χ2n) is 3.27. The first-order valence-electron chi connectivity index (χ1n) is 4.81. The molecular formula is C11H17NOS. The van der Waals surface area contributed by atoms with Crippen molar-refractivity contribution in [3.05, 3.63) is 29.8 Å². The highest BCUT2D eigenvalue weighted by atomic mass is 32.2. The minimum absolute atomic E-state index is 0.282. The Kier molecular flexibility index (Phi) is 4.45. The van der Waals surface area contributed by atoms with E-state index in [4.69, 9.17) is 5.73 Å². The average molecular weight is 211 g/mol. The fraction of sp³-hybridized carbons (Fsp3) is 0.455. The van der Waals surface area contributed by atoms with Crippen LogP contribution in [0.25, 0.3) is 0 Å². The van der Waals surface area contributed by atoms with Gasteiger partial charge in [-0.15, -0.1) is 11.8 Å². The van der Waals surface area contributed by atoms with Gasteiger partial charge in [0, 0.05) is 4.90 Å². The molecule has 0 saturated carbocycles. The number of aliphatic hydroxyl groups excluding tert-OH is 1. The molecule has 0 bridgehead atoms. The fourth-order valence-corrected chi connectivity index (χ4v) is 1.89. The summed E-state index contributed by atoms with van der Waals surface area (Å²) in [5, 5.41) is 9.32. The summed E-state index contributed by atoms with van der Waals surface area (Å²) in [6.45, 7) is 3.83. The summed E-state index contributed by atoms with van der Waals surface area (Å²) in [6, 6.07) is 7.78. The summed E-state index contributed by atoms with van der Waals surface area (Å²) >= 11 is 1.80. The van der Waals surface area contributed by atoms with Crippen LogP contribution in [0.1, 0.15) is 25.5 Å². The van der Waals surface area contributed by atoms with Crippen LogP contribution in [-0.4, -0.2) is 17.0 Å². The number of rotatable bonds is 4. The second kappa shape index (κ2) is 5.39. The van der Waals surface area contributed by atoms with E-state index >= 15 is 0 Å². The first-order valence-corrected chi connectivity index (χ1v) is 5.80. The first-order chi connectivity index (χ1) is 6.65. The third-order valence-electron chi connectivity index (χ3n) is 2.10.